The van der Waals surface area contributed by atoms with Crippen LogP contribution in [-0.2, 0) is 6.54 Å². The van der Waals surface area contributed by atoms with Gasteiger partial charge in [-0.3, -0.25) is 0 Å². The van der Waals surface area contributed by atoms with E-state index in [2.05, 4.69) is 61.8 Å². The van der Waals surface area contributed by atoms with Gasteiger partial charge in [0.25, 0.3) is 0 Å². The van der Waals surface area contributed by atoms with E-state index in [4.69, 9.17) is 0 Å². The van der Waals surface area contributed by atoms with Crippen LogP contribution in [0.25, 0.3) is 33.8 Å². The predicted molar refractivity (Wildman–Crippen MR) is 94.6 cm³/mol. The number of aromatic nitrogens is 5. The minimum Gasteiger partial charge on any atom is -0.248 e. The van der Waals surface area contributed by atoms with Gasteiger partial charge >= 0.3 is 5.82 Å². The van der Waals surface area contributed by atoms with Gasteiger partial charge in [-0.25, -0.2) is 14.1 Å². The largest absolute Gasteiger partial charge is 0.314 e. The van der Waals surface area contributed by atoms with E-state index < -0.39 is 0 Å². The second-order valence-corrected chi connectivity index (χ2v) is 6.31. The smallest absolute Gasteiger partial charge is 0.248 e. The van der Waals surface area contributed by atoms with Gasteiger partial charge in [-0.1, -0.05) is 24.3 Å². The second-order valence-electron chi connectivity index (χ2n) is 6.31. The standard InChI is InChI=1S/C20H14N5/c1-2-7-15(8-3-1)25-19-16-9-5-11-22-24(16)13-17(19)23-12-14-6-4-10-21-18(14)20(23)25/h1-11,13H,12H2/q+1. The van der Waals surface area contributed by atoms with Gasteiger partial charge in [-0.15, -0.1) is 0 Å². The molecule has 0 bridgehead atoms. The van der Waals surface area contributed by atoms with E-state index in [1.54, 1.807) is 0 Å². The number of fused-ring (bicyclic) bond motifs is 7. The average molecular weight is 324 g/mol. The van der Waals surface area contributed by atoms with E-state index in [0.29, 0.717) is 0 Å². The number of imidazole rings is 1. The van der Waals surface area contributed by atoms with Gasteiger partial charge < -0.3 is 0 Å². The zero-order valence-electron chi connectivity index (χ0n) is 13.4. The van der Waals surface area contributed by atoms with Gasteiger partial charge in [0.05, 0.1) is 6.20 Å². The molecule has 0 fully saturated rings. The minimum absolute atomic E-state index is 0.839. The molecule has 5 aromatic rings. The zero-order valence-corrected chi connectivity index (χ0v) is 13.4. The van der Waals surface area contributed by atoms with Crippen LogP contribution in [0.2, 0.25) is 0 Å². The summed E-state index contributed by atoms with van der Waals surface area (Å²) in [6.07, 6.45) is 5.80. The molecule has 5 nitrogen and oxygen atoms in total. The first kappa shape index (κ1) is 12.9. The topological polar surface area (TPSA) is 39.0 Å². The number of benzene rings is 1. The van der Waals surface area contributed by atoms with Gasteiger partial charge in [0, 0.05) is 18.0 Å². The van der Waals surface area contributed by atoms with E-state index >= 15 is 0 Å². The summed E-state index contributed by atoms with van der Waals surface area (Å²) in [4.78, 5) is 4.68. The zero-order chi connectivity index (χ0) is 16.4. The Kier molecular flexibility index (Phi) is 2.34. The third-order valence-corrected chi connectivity index (χ3v) is 4.94. The van der Waals surface area contributed by atoms with Gasteiger partial charge in [0.1, 0.15) is 17.7 Å². The fraction of sp³-hybridized carbons (Fsp3) is 0.0500. The highest BCUT2D eigenvalue weighted by molar-refractivity contribution is 5.93. The van der Waals surface area contributed by atoms with Crippen LogP contribution < -0.4 is 4.57 Å². The Morgan fingerprint density at radius 2 is 1.80 bits per heavy atom. The molecule has 1 aliphatic heterocycles. The van der Waals surface area contributed by atoms with Crippen LogP contribution in [0.4, 0.5) is 0 Å². The molecule has 0 amide bonds. The summed E-state index contributed by atoms with van der Waals surface area (Å²) in [7, 11) is 0. The molecule has 0 radical (unpaired) electrons. The maximum atomic E-state index is 4.68. The monoisotopic (exact) mass is 324 g/mol. The fourth-order valence-corrected chi connectivity index (χ4v) is 3.91. The normalized spacial score (nSPS) is 12.6. The molecule has 0 saturated heterocycles. The molecule has 1 aliphatic rings. The number of hydrogen-bond donors (Lipinski definition) is 0. The van der Waals surface area contributed by atoms with Crippen molar-refractivity contribution in [3.05, 3.63) is 78.8 Å². The van der Waals surface area contributed by atoms with Crippen LogP contribution >= 0.6 is 0 Å². The fourth-order valence-electron chi connectivity index (χ4n) is 3.91. The van der Waals surface area contributed by atoms with Crippen LogP contribution in [0.5, 0.6) is 0 Å². The molecule has 5 heterocycles. The SMILES string of the molecule is c1ccc(-n2c3[n+](c4cn5ncccc5c42)Cc2cccnc2-3)cc1. The van der Waals surface area contributed by atoms with Crippen molar-refractivity contribution < 1.29 is 4.57 Å². The lowest BCUT2D eigenvalue weighted by Crippen LogP contribution is -2.31. The molecule has 0 unspecified atom stereocenters. The third kappa shape index (κ3) is 1.59. The second kappa shape index (κ2) is 4.54. The average Bonchev–Trinajstić information content (AvgIpc) is 3.30. The molecule has 0 atom stereocenters. The summed E-state index contributed by atoms with van der Waals surface area (Å²) < 4.78 is 6.60. The highest BCUT2D eigenvalue weighted by Crippen LogP contribution is 2.34. The quantitative estimate of drug-likeness (QED) is 0.436. The highest BCUT2D eigenvalue weighted by atomic mass is 15.3. The summed E-state index contributed by atoms with van der Waals surface area (Å²) in [5, 5.41) is 4.47. The van der Waals surface area contributed by atoms with Crippen molar-refractivity contribution in [1.82, 2.24) is 19.2 Å². The first-order valence-electron chi connectivity index (χ1n) is 8.32. The summed E-state index contributed by atoms with van der Waals surface area (Å²) in [6, 6.07) is 18.7. The Hall–Kier alpha value is -3.47. The van der Waals surface area contributed by atoms with Crippen molar-refractivity contribution in [3.8, 4) is 17.2 Å². The van der Waals surface area contributed by atoms with Crippen LogP contribution in [0.15, 0.2) is 73.2 Å². The Morgan fingerprint density at radius 3 is 2.72 bits per heavy atom. The molecule has 5 heteroatoms. The lowest BCUT2D eigenvalue weighted by Gasteiger charge is -2.01. The van der Waals surface area contributed by atoms with Gasteiger partial charge in [0.2, 0.25) is 5.52 Å². The molecule has 0 aliphatic carbocycles. The molecule has 6 rings (SSSR count). The minimum atomic E-state index is 0.839. The number of para-hydroxylation sites is 1. The molecule has 0 N–H and O–H groups in total. The van der Waals surface area contributed by atoms with Crippen molar-refractivity contribution >= 4 is 16.6 Å². The molecule has 1 aromatic carbocycles. The highest BCUT2D eigenvalue weighted by Gasteiger charge is 2.37. The van der Waals surface area contributed by atoms with Gasteiger partial charge in [0.15, 0.2) is 11.2 Å². The van der Waals surface area contributed by atoms with Crippen molar-refractivity contribution in [3.63, 3.8) is 0 Å². The maximum Gasteiger partial charge on any atom is 0.314 e. The maximum absolute atomic E-state index is 4.68. The van der Waals surface area contributed by atoms with Crippen LogP contribution in [0, 0.1) is 0 Å². The Balaban J connectivity index is 1.84. The first-order valence-corrected chi connectivity index (χ1v) is 8.32. The van der Waals surface area contributed by atoms with Crippen LogP contribution in [0.3, 0.4) is 0 Å². The van der Waals surface area contributed by atoms with E-state index in [-0.39, 0.29) is 0 Å². The number of rotatable bonds is 1. The Labute approximate surface area is 143 Å². The molecule has 4 aromatic heterocycles. The van der Waals surface area contributed by atoms with E-state index in [1.165, 1.54) is 16.6 Å². The lowest BCUT2D eigenvalue weighted by atomic mass is 10.2. The molecule has 118 valence electrons. The van der Waals surface area contributed by atoms with Gasteiger partial charge in [-0.05, 0) is 30.3 Å². The van der Waals surface area contributed by atoms with Crippen LogP contribution in [-0.4, -0.2) is 19.2 Å². The molecular formula is C20H14N5+. The van der Waals surface area contributed by atoms with Crippen molar-refractivity contribution in [2.24, 2.45) is 0 Å². The molecule has 25 heavy (non-hydrogen) atoms. The van der Waals surface area contributed by atoms with E-state index in [9.17, 15) is 0 Å². The summed E-state index contributed by atoms with van der Waals surface area (Å²) in [5.41, 5.74) is 6.90. The summed E-state index contributed by atoms with van der Waals surface area (Å²) in [5.74, 6) is 1.14. The lowest BCUT2D eigenvalue weighted by molar-refractivity contribution is -0.645. The van der Waals surface area contributed by atoms with Crippen molar-refractivity contribution in [2.75, 3.05) is 0 Å². The van der Waals surface area contributed by atoms with Gasteiger partial charge in [-0.2, -0.15) is 9.67 Å². The Morgan fingerprint density at radius 1 is 0.920 bits per heavy atom. The van der Waals surface area contributed by atoms with E-state index in [0.717, 1.165) is 29.3 Å². The van der Waals surface area contributed by atoms with Crippen LogP contribution in [0.1, 0.15) is 5.56 Å². The van der Waals surface area contributed by atoms with Crippen molar-refractivity contribution in [1.29, 1.82) is 0 Å². The first-order chi connectivity index (χ1) is 12.4. The number of nitrogens with zero attached hydrogens (tertiary/aromatic N) is 5. The Bertz CT molecular complexity index is 1260. The summed E-state index contributed by atoms with van der Waals surface area (Å²) in [6.45, 7) is 0.839. The third-order valence-electron chi connectivity index (χ3n) is 4.94. The number of pyridine rings is 1. The molecular weight excluding hydrogens is 310 g/mol. The predicted octanol–water partition coefficient (Wildman–Crippen LogP) is 2.99. The molecule has 0 saturated carbocycles. The molecule has 0 spiro atoms. The number of hydrogen-bond acceptors (Lipinski definition) is 2. The van der Waals surface area contributed by atoms with Crippen molar-refractivity contribution in [2.45, 2.75) is 6.54 Å². The van der Waals surface area contributed by atoms with E-state index in [1.807, 2.05) is 35.1 Å². The summed E-state index contributed by atoms with van der Waals surface area (Å²) >= 11 is 0.